The van der Waals surface area contributed by atoms with E-state index in [2.05, 4.69) is 30.8 Å². The van der Waals surface area contributed by atoms with Gasteiger partial charge in [0.2, 0.25) is 20.0 Å². The fourth-order valence-electron chi connectivity index (χ4n) is 5.29. The maximum atomic E-state index is 13.3. The van der Waals surface area contributed by atoms with Crippen LogP contribution in [0, 0.1) is 0 Å². The Morgan fingerprint density at radius 3 is 2.41 bits per heavy atom. The lowest BCUT2D eigenvalue weighted by Crippen LogP contribution is -2.47. The van der Waals surface area contributed by atoms with Crippen LogP contribution in [0.25, 0.3) is 0 Å². The van der Waals surface area contributed by atoms with E-state index in [9.17, 15) is 21.9 Å². The normalized spacial score (nSPS) is 20.8. The maximum absolute atomic E-state index is 13.3. The van der Waals surface area contributed by atoms with Crippen LogP contribution >= 0.6 is 0 Å². The topological polar surface area (TPSA) is 134 Å². The quantitative estimate of drug-likeness (QED) is 0.335. The van der Waals surface area contributed by atoms with E-state index < -0.39 is 26.2 Å². The Bertz CT molecular complexity index is 1390. The molecular weight excluding hydrogens is 566 g/mol. The second kappa shape index (κ2) is 12.7. The summed E-state index contributed by atoms with van der Waals surface area (Å²) in [6, 6.07) is 13.4. The molecule has 0 aromatic heterocycles. The predicted molar refractivity (Wildman–Crippen MR) is 157 cm³/mol. The number of sulfonamides is 2. The van der Waals surface area contributed by atoms with Crippen molar-refractivity contribution >= 4 is 20.0 Å². The number of nitrogens with zero attached hydrogens (tertiary/aromatic N) is 1. The summed E-state index contributed by atoms with van der Waals surface area (Å²) in [6.45, 7) is 8.00. The van der Waals surface area contributed by atoms with Crippen LogP contribution in [-0.2, 0) is 30.2 Å². The fraction of sp³-hybridized carbons (Fsp3) is 0.586. The third-order valence-electron chi connectivity index (χ3n) is 8.47. The molecule has 2 saturated heterocycles. The van der Waals surface area contributed by atoms with Gasteiger partial charge in [-0.25, -0.2) is 21.6 Å². The molecule has 12 heteroatoms. The molecule has 2 fully saturated rings. The van der Waals surface area contributed by atoms with E-state index >= 15 is 0 Å². The molecule has 1 spiro atoms. The molecule has 0 bridgehead atoms. The minimum absolute atomic E-state index is 0.00147. The van der Waals surface area contributed by atoms with Crippen molar-refractivity contribution in [2.24, 2.45) is 0 Å². The van der Waals surface area contributed by atoms with Crippen molar-refractivity contribution in [2.45, 2.75) is 79.4 Å². The van der Waals surface area contributed by atoms with Gasteiger partial charge in [0.05, 0.1) is 22.0 Å². The Labute approximate surface area is 244 Å². The lowest BCUT2D eigenvalue weighted by atomic mass is 9.82. The Morgan fingerprint density at radius 1 is 1.10 bits per heavy atom. The highest BCUT2D eigenvalue weighted by Gasteiger charge is 2.44. The van der Waals surface area contributed by atoms with Gasteiger partial charge in [0.1, 0.15) is 18.5 Å². The highest BCUT2D eigenvalue weighted by atomic mass is 32.2. The van der Waals surface area contributed by atoms with Gasteiger partial charge in [-0.1, -0.05) is 39.0 Å². The fourth-order valence-corrected chi connectivity index (χ4v) is 7.50. The molecule has 41 heavy (non-hydrogen) atoms. The van der Waals surface area contributed by atoms with E-state index in [1.807, 2.05) is 12.1 Å². The summed E-state index contributed by atoms with van der Waals surface area (Å²) in [5, 5.41) is 13.8. The maximum Gasteiger partial charge on any atom is 0.243 e. The third kappa shape index (κ3) is 7.48. The molecule has 2 aromatic carbocycles. The summed E-state index contributed by atoms with van der Waals surface area (Å²) in [7, 11) is -5.82. The minimum atomic E-state index is -3.58. The van der Waals surface area contributed by atoms with Gasteiger partial charge in [0.25, 0.3) is 0 Å². The van der Waals surface area contributed by atoms with Crippen molar-refractivity contribution in [3.05, 3.63) is 54.1 Å². The first-order valence-corrected chi connectivity index (χ1v) is 17.1. The Balaban J connectivity index is 1.24. The standard InChI is InChI=1S/C29H43N3O7S2/c1-5-28(2,3)22-9-11-26(12-10-22)41(36,37)32-15-13-29(14-16-32)18-23(20-39-29)31-19-24(33)21-38-25-7-6-8-27(17-25)40(34,35)30-4/h6-12,17,23-24,30-31,33H,5,13-16,18-21H2,1-4H3/t23?,24-/m0/s1. The molecule has 2 atom stereocenters. The zero-order valence-electron chi connectivity index (χ0n) is 24.3. The van der Waals surface area contributed by atoms with Crippen LogP contribution in [0.3, 0.4) is 0 Å². The van der Waals surface area contributed by atoms with Crippen molar-refractivity contribution in [1.29, 1.82) is 0 Å². The van der Waals surface area contributed by atoms with E-state index in [0.29, 0.717) is 43.2 Å². The highest BCUT2D eigenvalue weighted by Crippen LogP contribution is 2.37. The zero-order chi connectivity index (χ0) is 29.9. The number of hydrogen-bond donors (Lipinski definition) is 3. The number of benzene rings is 2. The Morgan fingerprint density at radius 2 is 1.78 bits per heavy atom. The summed E-state index contributed by atoms with van der Waals surface area (Å²) in [4.78, 5) is 0.411. The van der Waals surface area contributed by atoms with E-state index in [1.165, 1.54) is 19.2 Å². The van der Waals surface area contributed by atoms with Crippen molar-refractivity contribution < 1.29 is 31.4 Å². The average molecular weight is 610 g/mol. The van der Waals surface area contributed by atoms with Gasteiger partial charge >= 0.3 is 0 Å². The van der Waals surface area contributed by atoms with Crippen LogP contribution < -0.4 is 14.8 Å². The number of aliphatic hydroxyl groups excluding tert-OH is 1. The molecule has 228 valence electrons. The molecule has 0 aliphatic carbocycles. The van der Waals surface area contributed by atoms with Gasteiger partial charge in [0, 0.05) is 31.7 Å². The van der Waals surface area contributed by atoms with Gasteiger partial charge in [0.15, 0.2) is 0 Å². The summed E-state index contributed by atoms with van der Waals surface area (Å²) in [5.41, 5.74) is 0.746. The minimum Gasteiger partial charge on any atom is -0.491 e. The van der Waals surface area contributed by atoms with Crippen LogP contribution in [0.2, 0.25) is 0 Å². The number of nitrogens with one attached hydrogen (secondary N) is 2. The number of aliphatic hydroxyl groups is 1. The van der Waals surface area contributed by atoms with Gasteiger partial charge in [-0.15, -0.1) is 0 Å². The highest BCUT2D eigenvalue weighted by molar-refractivity contribution is 7.89. The second-order valence-electron chi connectivity index (χ2n) is 11.6. The van der Waals surface area contributed by atoms with Crippen LogP contribution in [-0.4, -0.2) is 83.9 Å². The molecule has 2 aliphatic rings. The van der Waals surface area contributed by atoms with Gasteiger partial charge in [-0.3, -0.25) is 0 Å². The monoisotopic (exact) mass is 609 g/mol. The summed E-state index contributed by atoms with van der Waals surface area (Å²) >= 11 is 0. The van der Waals surface area contributed by atoms with Gasteiger partial charge in [-0.05, 0) is 68.0 Å². The van der Waals surface area contributed by atoms with Crippen molar-refractivity contribution in [2.75, 3.05) is 39.9 Å². The Kier molecular flexibility index (Phi) is 9.84. The molecule has 0 radical (unpaired) electrons. The summed E-state index contributed by atoms with van der Waals surface area (Å²) in [5.74, 6) is 0.353. The third-order valence-corrected chi connectivity index (χ3v) is 11.8. The number of ether oxygens (including phenoxy) is 2. The SMILES string of the molecule is CCC(C)(C)c1ccc(S(=O)(=O)N2CCC3(CC2)CC(NC[C@H](O)COc2cccc(S(=O)(=O)NC)c2)CO3)cc1. The van der Waals surface area contributed by atoms with Gasteiger partial charge in [-0.2, -0.15) is 4.31 Å². The molecule has 2 aliphatic heterocycles. The first-order valence-electron chi connectivity index (χ1n) is 14.1. The van der Waals surface area contributed by atoms with Gasteiger partial charge < -0.3 is 19.9 Å². The van der Waals surface area contributed by atoms with Crippen LogP contribution in [0.1, 0.15) is 52.0 Å². The molecule has 2 heterocycles. The van der Waals surface area contributed by atoms with E-state index in [-0.39, 0.29) is 35.1 Å². The van der Waals surface area contributed by atoms with Crippen LogP contribution in [0.5, 0.6) is 5.75 Å². The van der Waals surface area contributed by atoms with Crippen molar-refractivity contribution in [1.82, 2.24) is 14.3 Å². The first-order chi connectivity index (χ1) is 19.3. The summed E-state index contributed by atoms with van der Waals surface area (Å²) in [6.07, 6.45) is 2.12. The largest absolute Gasteiger partial charge is 0.491 e. The van der Waals surface area contributed by atoms with Crippen molar-refractivity contribution in [3.8, 4) is 5.75 Å². The summed E-state index contributed by atoms with van der Waals surface area (Å²) < 4.78 is 66.2. The molecule has 0 saturated carbocycles. The Hall–Kier alpha value is -2.06. The molecular formula is C29H43N3O7S2. The van der Waals surface area contributed by atoms with E-state index in [1.54, 1.807) is 28.6 Å². The molecule has 1 unspecified atom stereocenters. The molecule has 0 amide bonds. The molecule has 3 N–H and O–H groups in total. The zero-order valence-corrected chi connectivity index (χ0v) is 25.9. The lowest BCUT2D eigenvalue weighted by Gasteiger charge is -2.38. The molecule has 2 aromatic rings. The molecule has 4 rings (SSSR count). The van der Waals surface area contributed by atoms with Crippen LogP contribution in [0.15, 0.2) is 58.3 Å². The van der Waals surface area contributed by atoms with E-state index in [4.69, 9.17) is 9.47 Å². The average Bonchev–Trinajstić information content (AvgIpc) is 3.37. The number of piperidine rings is 1. The number of rotatable bonds is 12. The van der Waals surface area contributed by atoms with E-state index in [0.717, 1.165) is 18.4 Å². The smallest absolute Gasteiger partial charge is 0.243 e. The van der Waals surface area contributed by atoms with Crippen LogP contribution in [0.4, 0.5) is 0 Å². The second-order valence-corrected chi connectivity index (χ2v) is 15.4. The first kappa shape index (κ1) is 31.9. The lowest BCUT2D eigenvalue weighted by molar-refractivity contribution is -0.0312. The number of hydrogen-bond acceptors (Lipinski definition) is 8. The predicted octanol–water partition coefficient (Wildman–Crippen LogP) is 2.62. The van der Waals surface area contributed by atoms with Crippen molar-refractivity contribution in [3.63, 3.8) is 0 Å². The molecule has 10 nitrogen and oxygen atoms in total.